The molecule has 2 heteroatoms. The third kappa shape index (κ3) is 12.1. The molecule has 0 radical (unpaired) electrons. The third-order valence-corrected chi connectivity index (χ3v) is 0.283. The predicted octanol–water partition coefficient (Wildman–Crippen LogP) is 0.290. The zero-order valence-corrected chi connectivity index (χ0v) is 3.13. The van der Waals surface area contributed by atoms with Gasteiger partial charge in [0, 0.05) is 5.38 Å². The van der Waals surface area contributed by atoms with Crippen LogP contribution in [-0.4, -0.2) is 23.1 Å². The fourth-order valence-electron chi connectivity index (χ4n) is 0. The first-order valence-electron chi connectivity index (χ1n) is 0.939. The van der Waals surface area contributed by atoms with Crippen LogP contribution < -0.4 is 0 Å². The van der Waals surface area contributed by atoms with Gasteiger partial charge in [-0.25, -0.2) is 0 Å². The van der Waals surface area contributed by atoms with E-state index in [1.165, 1.54) is 0 Å². The molecule has 0 fully saturated rings. The van der Waals surface area contributed by atoms with Crippen LogP contribution in [-0.2, 0) is 0 Å². The van der Waals surface area contributed by atoms with E-state index in [0.29, 0.717) is 0 Å². The minimum atomic E-state index is 0. The van der Waals surface area contributed by atoms with Crippen molar-refractivity contribution in [2.24, 2.45) is 0 Å². The molecule has 5 heavy (non-hydrogen) atoms. The van der Waals surface area contributed by atoms with Gasteiger partial charge in [-0.2, -0.15) is 0 Å². The molecule has 0 aliphatic heterocycles. The smallest absolute Gasteiger partial charge is 0.0893 e. The van der Waals surface area contributed by atoms with E-state index in [1.807, 2.05) is 0 Å². The fraction of sp³-hybridized carbons (Fsp3) is 0.333. The van der Waals surface area contributed by atoms with Crippen molar-refractivity contribution >= 4 is 34.7 Å². The first kappa shape index (κ1) is 9.15. The monoisotopic (exact) mass is 100.0 g/mol. The second-order valence-corrected chi connectivity index (χ2v) is 0.533. The zero-order chi connectivity index (χ0) is 3.41. The highest BCUT2D eigenvalue weighted by Crippen LogP contribution is 1.56. The van der Waals surface area contributed by atoms with Crippen LogP contribution in [0.1, 0.15) is 6.92 Å². The van der Waals surface area contributed by atoms with Crippen molar-refractivity contribution in [3.63, 3.8) is 0 Å². The van der Waals surface area contributed by atoms with Gasteiger partial charge in [0.15, 0.2) is 0 Å². The molecule has 0 nitrogen and oxygen atoms in total. The minimum Gasteiger partial charge on any atom is -0.0893 e. The van der Waals surface area contributed by atoms with Gasteiger partial charge >= 0.3 is 23.1 Å². The molecule has 0 unspecified atom stereocenters. The van der Waals surface area contributed by atoms with Gasteiger partial charge in [-0.1, -0.05) is 5.92 Å². The van der Waals surface area contributed by atoms with Crippen LogP contribution in [0.2, 0.25) is 0 Å². The van der Waals surface area contributed by atoms with Crippen molar-refractivity contribution in [1.82, 2.24) is 0 Å². The Morgan fingerprint density at radius 2 is 1.80 bits per heavy atom. The molecular weight excluding hydrogens is 95.8 g/mol. The van der Waals surface area contributed by atoms with Gasteiger partial charge in [-0.15, -0.1) is 0 Å². The lowest BCUT2D eigenvalue weighted by atomic mass is 10.9. The summed E-state index contributed by atoms with van der Waals surface area (Å²) in [6.07, 6.45) is 0. The van der Waals surface area contributed by atoms with Crippen LogP contribution in [0.3, 0.4) is 0 Å². The van der Waals surface area contributed by atoms with E-state index < -0.39 is 0 Å². The molecule has 0 N–H and O–H groups in total. The standard InChI is InChI=1S/C3H3Cl.Mg.2H/c1-2-3-4;;;/h1H3;;;. The molecule has 0 aromatic carbocycles. The molecule has 0 heterocycles. The summed E-state index contributed by atoms with van der Waals surface area (Å²) in [5, 5.41) is 2.15. The molecule has 0 amide bonds. The van der Waals surface area contributed by atoms with Crippen LogP contribution in [0.5, 0.6) is 0 Å². The molecule has 0 aliphatic rings. The lowest BCUT2D eigenvalue weighted by molar-refractivity contribution is 1.93. The molecule has 0 aromatic rings. The molecule has 0 saturated carbocycles. The average Bonchev–Trinajstić information content (AvgIpc) is 1.37. The summed E-state index contributed by atoms with van der Waals surface area (Å²) in [5.41, 5.74) is 0. The van der Waals surface area contributed by atoms with Crippen LogP contribution in [0.4, 0.5) is 0 Å². The Kier molecular flexibility index (Phi) is 16.1. The van der Waals surface area contributed by atoms with E-state index in [0.717, 1.165) is 0 Å². The van der Waals surface area contributed by atoms with Crippen molar-refractivity contribution in [1.29, 1.82) is 0 Å². The molecule has 0 aromatic heterocycles. The van der Waals surface area contributed by atoms with E-state index in [-0.39, 0.29) is 23.1 Å². The van der Waals surface area contributed by atoms with Gasteiger partial charge in [0.25, 0.3) is 0 Å². The number of rotatable bonds is 0. The summed E-state index contributed by atoms with van der Waals surface area (Å²) in [6.45, 7) is 1.69. The van der Waals surface area contributed by atoms with Crippen molar-refractivity contribution in [2.75, 3.05) is 0 Å². The second-order valence-electron chi connectivity index (χ2n) is 0.344. The molecule has 0 rings (SSSR count). The molecule has 0 aliphatic carbocycles. The summed E-state index contributed by atoms with van der Waals surface area (Å²) in [4.78, 5) is 0. The first-order chi connectivity index (χ1) is 1.91. The molecule has 26 valence electrons. The molecule has 0 spiro atoms. The van der Waals surface area contributed by atoms with Crippen LogP contribution in [0, 0.1) is 11.3 Å². The Labute approximate surface area is 53.0 Å². The summed E-state index contributed by atoms with van der Waals surface area (Å²) < 4.78 is 0. The highest BCUT2D eigenvalue weighted by molar-refractivity contribution is 6.30. The Morgan fingerprint density at radius 1 is 1.60 bits per heavy atom. The van der Waals surface area contributed by atoms with E-state index in [1.54, 1.807) is 6.92 Å². The van der Waals surface area contributed by atoms with Crippen molar-refractivity contribution in [3.05, 3.63) is 0 Å². The molecule has 0 saturated heterocycles. The van der Waals surface area contributed by atoms with Crippen molar-refractivity contribution in [3.8, 4) is 11.3 Å². The second kappa shape index (κ2) is 8.82. The van der Waals surface area contributed by atoms with E-state index >= 15 is 0 Å². The minimum absolute atomic E-state index is 0. The predicted molar refractivity (Wildman–Crippen MR) is 27.8 cm³/mol. The Balaban J connectivity index is 0. The van der Waals surface area contributed by atoms with Gasteiger partial charge in [0.2, 0.25) is 0 Å². The van der Waals surface area contributed by atoms with Crippen LogP contribution in [0.25, 0.3) is 0 Å². The van der Waals surface area contributed by atoms with Gasteiger partial charge in [0.1, 0.15) is 0 Å². The van der Waals surface area contributed by atoms with E-state index in [2.05, 4.69) is 11.3 Å². The first-order valence-corrected chi connectivity index (χ1v) is 1.32. The molecule has 0 atom stereocenters. The summed E-state index contributed by atoms with van der Waals surface area (Å²) >= 11 is 4.82. The zero-order valence-electron chi connectivity index (χ0n) is 2.38. The summed E-state index contributed by atoms with van der Waals surface area (Å²) in [6, 6.07) is 0. The topological polar surface area (TPSA) is 0 Å². The van der Waals surface area contributed by atoms with Crippen LogP contribution >= 0.6 is 11.6 Å². The fourth-order valence-corrected chi connectivity index (χ4v) is 0. The third-order valence-electron chi connectivity index (χ3n) is 0.0945. The molecule has 0 bridgehead atoms. The quantitative estimate of drug-likeness (QED) is 0.303. The SMILES string of the molecule is CC#CCl.[MgH2]. The summed E-state index contributed by atoms with van der Waals surface area (Å²) in [7, 11) is 0. The Bertz CT molecular complexity index is 43.6. The van der Waals surface area contributed by atoms with Crippen LogP contribution in [0.15, 0.2) is 0 Å². The summed E-state index contributed by atoms with van der Waals surface area (Å²) in [5.74, 6) is 2.45. The highest BCUT2D eigenvalue weighted by atomic mass is 35.5. The lowest BCUT2D eigenvalue weighted by Gasteiger charge is -1.36. The number of halogens is 1. The van der Waals surface area contributed by atoms with Crippen molar-refractivity contribution < 1.29 is 0 Å². The maximum Gasteiger partial charge on any atom is 0.316 e. The lowest BCUT2D eigenvalue weighted by Crippen LogP contribution is -1.21. The normalized spacial score (nSPS) is 2.80. The Hall–Kier alpha value is 0.616. The number of hydrogen-bond donors (Lipinski definition) is 0. The van der Waals surface area contributed by atoms with Gasteiger partial charge in [-0.3, -0.25) is 0 Å². The highest BCUT2D eigenvalue weighted by Gasteiger charge is 1.30. The largest absolute Gasteiger partial charge is 0.316 e. The van der Waals surface area contributed by atoms with E-state index in [4.69, 9.17) is 11.6 Å². The van der Waals surface area contributed by atoms with Gasteiger partial charge < -0.3 is 0 Å². The van der Waals surface area contributed by atoms with Gasteiger partial charge in [-0.05, 0) is 18.5 Å². The molecular formula is C3H5ClMg. The average molecular weight is 101 g/mol. The maximum atomic E-state index is 4.82. The van der Waals surface area contributed by atoms with E-state index in [9.17, 15) is 0 Å². The van der Waals surface area contributed by atoms with Gasteiger partial charge in [0.05, 0.1) is 0 Å². The maximum absolute atomic E-state index is 4.82. The Morgan fingerprint density at radius 3 is 1.80 bits per heavy atom. The van der Waals surface area contributed by atoms with Crippen molar-refractivity contribution in [2.45, 2.75) is 6.92 Å². The number of hydrogen-bond acceptors (Lipinski definition) is 0.